The molecule has 32 heavy (non-hydrogen) atoms. The molecule has 0 aliphatic rings. The van der Waals surface area contributed by atoms with Crippen molar-refractivity contribution in [3.8, 4) is 17.2 Å². The average Bonchev–Trinajstić information content (AvgIpc) is 2.83. The first-order valence-corrected chi connectivity index (χ1v) is 10.0. The van der Waals surface area contributed by atoms with E-state index >= 15 is 0 Å². The molecule has 0 fully saturated rings. The number of hydrogen-bond donors (Lipinski definition) is 3. The van der Waals surface area contributed by atoms with E-state index in [0.717, 1.165) is 11.1 Å². The number of ether oxygens (including phenoxy) is 1. The van der Waals surface area contributed by atoms with Gasteiger partial charge in [0.2, 0.25) is 0 Å². The zero-order chi connectivity index (χ0) is 22.6. The van der Waals surface area contributed by atoms with Gasteiger partial charge < -0.3 is 25.7 Å². The smallest absolute Gasteiger partial charge is 0.872 e. The van der Waals surface area contributed by atoms with E-state index in [-0.39, 0.29) is 82.2 Å². The van der Waals surface area contributed by atoms with Gasteiger partial charge in [-0.05, 0) is 41.0 Å². The fraction of sp³-hybridized carbons (Fsp3) is 0.208. The quantitative estimate of drug-likeness (QED) is 0.362. The van der Waals surface area contributed by atoms with Gasteiger partial charge in [-0.3, -0.25) is 4.79 Å². The second-order valence-corrected chi connectivity index (χ2v) is 6.42. The van der Waals surface area contributed by atoms with E-state index in [9.17, 15) is 9.90 Å². The number of nitrogens with one attached hydrogen (secondary N) is 1. The predicted molar refractivity (Wildman–Crippen MR) is 118 cm³/mol. The summed E-state index contributed by atoms with van der Waals surface area (Å²) in [5.41, 5.74) is 8.39. The molecule has 7 nitrogen and oxygen atoms in total. The minimum Gasteiger partial charge on any atom is -0.872 e. The molecule has 3 aromatic rings. The molecule has 1 amide bonds. The van der Waals surface area contributed by atoms with Crippen LogP contribution in [-0.4, -0.2) is 12.5 Å². The van der Waals surface area contributed by atoms with Crippen molar-refractivity contribution in [2.45, 2.75) is 26.4 Å². The Morgan fingerprint density at radius 2 is 1.62 bits per heavy atom. The van der Waals surface area contributed by atoms with Crippen molar-refractivity contribution in [2.24, 2.45) is 11.6 Å². The zero-order valence-corrected chi connectivity index (χ0v) is 23.6. The average molecular weight is 508 g/mol. The standard InChI is InChI=1S/C22H23N3O4.C2H6.Rb/c23-22(19-11-10-18(29-24)12-20(19)26)16-6-8-17(9-7-16)28-14-21(27)25-13-15-4-2-1-3-5-15;1-2;/h1-12,22,26H,13-14,23-24H2,(H,25,27);1-2H3;/q;;+1/p-1. The predicted octanol–water partition coefficient (Wildman–Crippen LogP) is -0.214. The van der Waals surface area contributed by atoms with Crippen molar-refractivity contribution in [2.75, 3.05) is 6.61 Å². The molecular formula is C24H28N3O4Rb. The summed E-state index contributed by atoms with van der Waals surface area (Å²) >= 11 is 0. The molecule has 1 unspecified atom stereocenters. The van der Waals surface area contributed by atoms with E-state index in [2.05, 4.69) is 10.2 Å². The van der Waals surface area contributed by atoms with Crippen LogP contribution in [0.4, 0.5) is 0 Å². The Bertz CT molecular complexity index is 953. The van der Waals surface area contributed by atoms with Gasteiger partial charge in [0.15, 0.2) is 6.61 Å². The number of amides is 1. The first-order valence-electron chi connectivity index (χ1n) is 10.0. The van der Waals surface area contributed by atoms with Crippen LogP contribution in [0.15, 0.2) is 72.8 Å². The van der Waals surface area contributed by atoms with Gasteiger partial charge in [-0.2, -0.15) is 5.90 Å². The number of carbonyl (C=O) groups is 1. The first kappa shape index (κ1) is 28.3. The summed E-state index contributed by atoms with van der Waals surface area (Å²) in [6.45, 7) is 4.35. The van der Waals surface area contributed by atoms with E-state index in [4.69, 9.17) is 16.4 Å². The fourth-order valence-corrected chi connectivity index (χ4v) is 2.79. The van der Waals surface area contributed by atoms with Gasteiger partial charge in [0.05, 0.1) is 6.04 Å². The molecule has 0 saturated carbocycles. The molecule has 0 spiro atoms. The van der Waals surface area contributed by atoms with Crippen LogP contribution in [0, 0.1) is 0 Å². The molecule has 164 valence electrons. The van der Waals surface area contributed by atoms with Crippen LogP contribution in [0.5, 0.6) is 17.2 Å². The van der Waals surface area contributed by atoms with Crippen LogP contribution in [0.25, 0.3) is 0 Å². The first-order chi connectivity index (χ1) is 15.1. The van der Waals surface area contributed by atoms with Crippen molar-refractivity contribution < 1.29 is 77.7 Å². The maximum absolute atomic E-state index is 12.1. The normalized spacial score (nSPS) is 10.6. The fourth-order valence-electron chi connectivity index (χ4n) is 2.79. The third-order valence-corrected chi connectivity index (χ3v) is 4.40. The second kappa shape index (κ2) is 15.2. The summed E-state index contributed by atoms with van der Waals surface area (Å²) in [6, 6.07) is 20.4. The van der Waals surface area contributed by atoms with Crippen LogP contribution >= 0.6 is 0 Å². The van der Waals surface area contributed by atoms with Gasteiger partial charge in [0.1, 0.15) is 11.5 Å². The Kier molecular flexibility index (Phi) is 13.4. The molecule has 0 aliphatic heterocycles. The third-order valence-electron chi connectivity index (χ3n) is 4.40. The molecule has 3 rings (SSSR count). The summed E-state index contributed by atoms with van der Waals surface area (Å²) in [5.74, 6) is 5.40. The summed E-state index contributed by atoms with van der Waals surface area (Å²) in [6.07, 6.45) is 0. The van der Waals surface area contributed by atoms with Crippen molar-refractivity contribution in [1.82, 2.24) is 5.32 Å². The summed E-state index contributed by atoms with van der Waals surface area (Å²) < 4.78 is 5.51. The number of nitrogens with two attached hydrogens (primary N) is 2. The number of benzene rings is 3. The van der Waals surface area contributed by atoms with Crippen LogP contribution in [0.2, 0.25) is 0 Å². The summed E-state index contributed by atoms with van der Waals surface area (Å²) in [4.78, 5) is 16.5. The molecule has 1 atom stereocenters. The van der Waals surface area contributed by atoms with Gasteiger partial charge in [-0.1, -0.05) is 62.4 Å². The molecule has 5 N–H and O–H groups in total. The largest absolute Gasteiger partial charge is 1.00 e. The van der Waals surface area contributed by atoms with Gasteiger partial charge in [0, 0.05) is 6.54 Å². The molecule has 0 radical (unpaired) electrons. The van der Waals surface area contributed by atoms with E-state index in [0.29, 0.717) is 17.9 Å². The third kappa shape index (κ3) is 8.65. The molecule has 0 bridgehead atoms. The van der Waals surface area contributed by atoms with Crippen LogP contribution < -0.4 is 89.8 Å². The van der Waals surface area contributed by atoms with Crippen molar-refractivity contribution in [3.63, 3.8) is 0 Å². The minimum absolute atomic E-state index is 0. The van der Waals surface area contributed by atoms with Crippen LogP contribution in [0.1, 0.15) is 36.6 Å². The maximum atomic E-state index is 12.1. The molecule has 0 heterocycles. The van der Waals surface area contributed by atoms with E-state index < -0.39 is 6.04 Å². The zero-order valence-electron chi connectivity index (χ0n) is 18.7. The Hall–Kier alpha value is -1.74. The topological polar surface area (TPSA) is 123 Å². The van der Waals surface area contributed by atoms with E-state index in [1.807, 2.05) is 44.2 Å². The van der Waals surface area contributed by atoms with E-state index in [1.54, 1.807) is 36.4 Å². The van der Waals surface area contributed by atoms with Crippen molar-refractivity contribution in [3.05, 3.63) is 89.5 Å². The van der Waals surface area contributed by atoms with Gasteiger partial charge in [-0.25, -0.2) is 0 Å². The summed E-state index contributed by atoms with van der Waals surface area (Å²) in [7, 11) is 0. The molecule has 0 aliphatic carbocycles. The number of hydrogen-bond acceptors (Lipinski definition) is 6. The summed E-state index contributed by atoms with van der Waals surface area (Å²) in [5, 5.41) is 14.9. The molecule has 8 heteroatoms. The Morgan fingerprint density at radius 3 is 2.22 bits per heavy atom. The van der Waals surface area contributed by atoms with Gasteiger partial charge in [0.25, 0.3) is 5.91 Å². The Labute approximate surface area is 237 Å². The molecule has 0 aromatic heterocycles. The molecule has 0 saturated heterocycles. The monoisotopic (exact) mass is 507 g/mol. The van der Waals surface area contributed by atoms with Gasteiger partial charge in [-0.15, -0.1) is 5.75 Å². The number of carbonyl (C=O) groups excluding carboxylic acids is 1. The second-order valence-electron chi connectivity index (χ2n) is 6.42. The Balaban J connectivity index is 0.00000166. The van der Waals surface area contributed by atoms with Crippen molar-refractivity contribution >= 4 is 5.91 Å². The van der Waals surface area contributed by atoms with Crippen LogP contribution in [-0.2, 0) is 11.3 Å². The SMILES string of the molecule is CC.NOc1ccc(C(N)c2ccc(OCC(=O)NCc3ccccc3)cc2)c([O-])c1.[Rb+]. The van der Waals surface area contributed by atoms with Crippen molar-refractivity contribution in [1.29, 1.82) is 0 Å². The number of rotatable bonds is 8. The van der Waals surface area contributed by atoms with E-state index in [1.165, 1.54) is 6.07 Å². The molecular weight excluding hydrogens is 480 g/mol. The molecule has 3 aromatic carbocycles. The van der Waals surface area contributed by atoms with Crippen LogP contribution in [0.3, 0.4) is 0 Å². The maximum Gasteiger partial charge on any atom is 1.00 e. The minimum atomic E-state index is -0.599. The Morgan fingerprint density at radius 1 is 1.00 bits per heavy atom. The van der Waals surface area contributed by atoms with Gasteiger partial charge >= 0.3 is 58.2 Å².